The fourth-order valence-corrected chi connectivity index (χ4v) is 7.60. The number of anilines is 1. The van der Waals surface area contributed by atoms with E-state index in [-0.39, 0.29) is 18.7 Å². The van der Waals surface area contributed by atoms with E-state index in [1.807, 2.05) is 36.7 Å². The molecule has 4 heterocycles. The Balaban J connectivity index is 0.820. The number of piperidine rings is 1. The minimum absolute atomic E-state index is 0.103. The minimum atomic E-state index is -0.956. The molecule has 3 fully saturated rings. The maximum atomic E-state index is 13.1. The fraction of sp³-hybridized carbons (Fsp3) is 0.364. The van der Waals surface area contributed by atoms with Crippen molar-refractivity contribution in [1.29, 1.82) is 0 Å². The van der Waals surface area contributed by atoms with Crippen LogP contribution < -0.4 is 10.6 Å². The van der Waals surface area contributed by atoms with Gasteiger partial charge in [0.2, 0.25) is 11.8 Å². The molecule has 0 bridgehead atoms. The molecule has 4 amide bonds. The Bertz CT molecular complexity index is 1850. The molecule has 1 unspecified atom stereocenters. The van der Waals surface area contributed by atoms with E-state index in [4.69, 9.17) is 4.98 Å². The van der Waals surface area contributed by atoms with Crippen molar-refractivity contribution in [2.24, 2.45) is 11.3 Å². The lowest BCUT2D eigenvalue weighted by atomic mass is 9.49. The second-order valence-corrected chi connectivity index (χ2v) is 12.7. The van der Waals surface area contributed by atoms with Gasteiger partial charge in [-0.3, -0.25) is 39.1 Å². The van der Waals surface area contributed by atoms with Crippen LogP contribution in [0.15, 0.2) is 61.1 Å². The third kappa shape index (κ3) is 4.45. The van der Waals surface area contributed by atoms with E-state index >= 15 is 0 Å². The molecule has 11 nitrogen and oxygen atoms in total. The number of aromatic nitrogens is 4. The van der Waals surface area contributed by atoms with E-state index in [2.05, 4.69) is 31.6 Å². The number of hydrogen-bond acceptors (Lipinski definition) is 8. The fourth-order valence-electron chi connectivity index (χ4n) is 7.60. The third-order valence-corrected chi connectivity index (χ3v) is 9.82. The number of imide groups is 2. The lowest BCUT2D eigenvalue weighted by Gasteiger charge is -2.58. The molecule has 1 spiro atoms. The van der Waals surface area contributed by atoms with E-state index in [9.17, 15) is 19.2 Å². The maximum absolute atomic E-state index is 13.1. The number of benzene rings is 2. The van der Waals surface area contributed by atoms with E-state index in [0.29, 0.717) is 28.5 Å². The van der Waals surface area contributed by atoms with Crippen LogP contribution >= 0.6 is 0 Å². The average molecular weight is 590 g/mol. The van der Waals surface area contributed by atoms with Gasteiger partial charge in [-0.25, -0.2) is 4.98 Å². The number of nitrogens with one attached hydrogen (secondary N) is 2. The zero-order valence-electron chi connectivity index (χ0n) is 24.0. The number of rotatable bonds is 7. The first-order chi connectivity index (χ1) is 21.4. The Morgan fingerprint density at radius 1 is 0.932 bits per heavy atom. The number of carbonyl (C=O) groups excluding carboxylic acids is 4. The molecule has 2 aliphatic heterocycles. The number of para-hydroxylation sites is 2. The average Bonchev–Trinajstić information content (AvgIpc) is 3.56. The lowest BCUT2D eigenvalue weighted by molar-refractivity contribution is -0.136. The summed E-state index contributed by atoms with van der Waals surface area (Å²) in [5.74, 6) is -1.30. The van der Waals surface area contributed by atoms with Gasteiger partial charge in [0.25, 0.3) is 11.8 Å². The van der Waals surface area contributed by atoms with Gasteiger partial charge in [-0.15, -0.1) is 0 Å². The van der Waals surface area contributed by atoms with Crippen LogP contribution in [0.1, 0.15) is 71.7 Å². The van der Waals surface area contributed by atoms with Crippen LogP contribution in [0.5, 0.6) is 0 Å². The van der Waals surface area contributed by atoms with Crippen molar-refractivity contribution < 1.29 is 19.2 Å². The first kappa shape index (κ1) is 26.7. The summed E-state index contributed by atoms with van der Waals surface area (Å²) in [5.41, 5.74) is 5.38. The molecule has 8 rings (SSSR count). The van der Waals surface area contributed by atoms with E-state index in [1.54, 1.807) is 18.2 Å². The van der Waals surface area contributed by atoms with Gasteiger partial charge in [-0.2, -0.15) is 5.10 Å². The normalized spacial score (nSPS) is 26.0. The molecular formula is C33H31N7O4. The van der Waals surface area contributed by atoms with Gasteiger partial charge < -0.3 is 5.32 Å². The zero-order chi connectivity index (χ0) is 30.0. The molecule has 44 heavy (non-hydrogen) atoms. The molecule has 11 heteroatoms. The number of fused-ring (bicyclic) bond motifs is 2. The highest BCUT2D eigenvalue weighted by atomic mass is 16.2. The summed E-state index contributed by atoms with van der Waals surface area (Å²) >= 11 is 0. The maximum Gasteiger partial charge on any atom is 0.262 e. The quantitative estimate of drug-likeness (QED) is 0.307. The molecule has 222 valence electrons. The molecule has 1 saturated heterocycles. The molecular weight excluding hydrogens is 558 g/mol. The zero-order valence-corrected chi connectivity index (χ0v) is 24.0. The second kappa shape index (κ2) is 10.1. The summed E-state index contributed by atoms with van der Waals surface area (Å²) < 4.78 is 2.09. The van der Waals surface area contributed by atoms with Crippen molar-refractivity contribution in [3.8, 4) is 11.3 Å². The number of carbonyl (C=O) groups is 4. The van der Waals surface area contributed by atoms with E-state index < -0.39 is 23.8 Å². The van der Waals surface area contributed by atoms with E-state index in [0.717, 1.165) is 58.7 Å². The SMILES string of the molecule is O=C1CCC(N2C(=O)c3ccc(NCCC4CC5(C4)CC(n4cc(-c6cnc7ccccc7n6)cn4)C5)cc3C2=O)C(=O)N1. The molecule has 2 aromatic carbocycles. The lowest BCUT2D eigenvalue weighted by Crippen LogP contribution is -2.54. The third-order valence-electron chi connectivity index (χ3n) is 9.82. The topological polar surface area (TPSA) is 139 Å². The van der Waals surface area contributed by atoms with Crippen LogP contribution in [0.25, 0.3) is 22.3 Å². The molecule has 4 aromatic rings. The van der Waals surface area contributed by atoms with E-state index in [1.165, 1.54) is 12.8 Å². The summed E-state index contributed by atoms with van der Waals surface area (Å²) in [6, 6.07) is 12.5. The number of amides is 4. The van der Waals surface area contributed by atoms with Crippen molar-refractivity contribution in [2.75, 3.05) is 11.9 Å². The smallest absolute Gasteiger partial charge is 0.262 e. The predicted octanol–water partition coefficient (Wildman–Crippen LogP) is 4.13. The van der Waals surface area contributed by atoms with Gasteiger partial charge in [0.1, 0.15) is 6.04 Å². The standard InChI is InChI=1S/C33H31N7O4/c41-29-8-7-28(30(42)38-29)40-31(43)23-6-5-21(11-24(23)32(40)44)34-10-9-19-12-33(13-19)14-22(15-33)39-18-20(16-36-39)27-17-35-25-3-1-2-4-26(25)37-27/h1-6,11,16-19,22,28,34H,7-10,12-15H2,(H,38,41,42). The van der Waals surface area contributed by atoms with Gasteiger partial charge in [0.05, 0.1) is 46.3 Å². The Labute approximate surface area is 253 Å². The summed E-state index contributed by atoms with van der Waals surface area (Å²) in [6.45, 7) is 0.775. The van der Waals surface area contributed by atoms with Crippen molar-refractivity contribution in [3.05, 3.63) is 72.2 Å². The molecule has 2 aromatic heterocycles. The van der Waals surface area contributed by atoms with Gasteiger partial charge in [0, 0.05) is 30.4 Å². The summed E-state index contributed by atoms with van der Waals surface area (Å²) in [5, 5.41) is 10.3. The Morgan fingerprint density at radius 3 is 2.55 bits per heavy atom. The summed E-state index contributed by atoms with van der Waals surface area (Å²) in [4.78, 5) is 60.1. The molecule has 2 aliphatic carbocycles. The van der Waals surface area contributed by atoms with Gasteiger partial charge in [0.15, 0.2) is 0 Å². The highest BCUT2D eigenvalue weighted by Gasteiger charge is 2.53. The van der Waals surface area contributed by atoms with Crippen LogP contribution in [0, 0.1) is 11.3 Å². The van der Waals surface area contributed by atoms with Gasteiger partial charge in [-0.05, 0) is 80.2 Å². The van der Waals surface area contributed by atoms with Crippen LogP contribution in [-0.2, 0) is 9.59 Å². The largest absolute Gasteiger partial charge is 0.385 e. The van der Waals surface area contributed by atoms with Gasteiger partial charge >= 0.3 is 0 Å². The van der Waals surface area contributed by atoms with Crippen LogP contribution in [-0.4, -0.2) is 60.9 Å². The van der Waals surface area contributed by atoms with Crippen LogP contribution in [0.4, 0.5) is 5.69 Å². The number of nitrogens with zero attached hydrogens (tertiary/aromatic N) is 5. The minimum Gasteiger partial charge on any atom is -0.385 e. The highest BCUT2D eigenvalue weighted by molar-refractivity contribution is 6.23. The Kier molecular flexibility index (Phi) is 6.11. The van der Waals surface area contributed by atoms with Crippen molar-refractivity contribution in [2.45, 2.75) is 57.0 Å². The number of hydrogen-bond donors (Lipinski definition) is 2. The molecule has 2 saturated carbocycles. The van der Waals surface area contributed by atoms with Crippen molar-refractivity contribution >= 4 is 40.3 Å². The van der Waals surface area contributed by atoms with Crippen LogP contribution in [0.3, 0.4) is 0 Å². The molecule has 2 N–H and O–H groups in total. The highest BCUT2D eigenvalue weighted by Crippen LogP contribution is 2.63. The molecule has 1 atom stereocenters. The first-order valence-electron chi connectivity index (χ1n) is 15.2. The monoisotopic (exact) mass is 589 g/mol. The van der Waals surface area contributed by atoms with Crippen molar-refractivity contribution in [3.63, 3.8) is 0 Å². The Hall–Kier alpha value is -4.93. The molecule has 4 aliphatic rings. The second-order valence-electron chi connectivity index (χ2n) is 12.7. The van der Waals surface area contributed by atoms with Crippen molar-refractivity contribution in [1.82, 2.24) is 30.0 Å². The summed E-state index contributed by atoms with van der Waals surface area (Å²) in [6.07, 6.45) is 11.8. The van der Waals surface area contributed by atoms with Crippen LogP contribution in [0.2, 0.25) is 0 Å². The molecule has 0 radical (unpaired) electrons. The Morgan fingerprint density at radius 2 is 1.73 bits per heavy atom. The first-order valence-corrected chi connectivity index (χ1v) is 15.2. The van der Waals surface area contributed by atoms with Gasteiger partial charge in [-0.1, -0.05) is 12.1 Å². The predicted molar refractivity (Wildman–Crippen MR) is 160 cm³/mol. The summed E-state index contributed by atoms with van der Waals surface area (Å²) in [7, 11) is 0.